The number of aromatic nitrogens is 2. The van der Waals surface area contributed by atoms with Crippen molar-refractivity contribution in [2.75, 3.05) is 6.61 Å². The highest BCUT2D eigenvalue weighted by Crippen LogP contribution is 2.39. The Kier molecular flexibility index (Phi) is 5.43. The number of allylic oxidation sites excluding steroid dienone is 2. The van der Waals surface area contributed by atoms with E-state index in [9.17, 15) is 14.4 Å². The molecule has 1 aromatic heterocycles. The molecule has 1 N–H and O–H groups in total. The minimum atomic E-state index is -0.952. The van der Waals surface area contributed by atoms with Crippen molar-refractivity contribution in [1.82, 2.24) is 5.27 Å². The van der Waals surface area contributed by atoms with Gasteiger partial charge in [0, 0.05) is 23.6 Å². The number of H-pyrrole nitrogens is 1. The number of esters is 1. The van der Waals surface area contributed by atoms with Gasteiger partial charge >= 0.3 is 17.3 Å². The Labute approximate surface area is 172 Å². The average Bonchev–Trinajstić information content (AvgIpc) is 3.16. The molecule has 7 nitrogen and oxygen atoms in total. The first kappa shape index (κ1) is 19.6. The highest BCUT2D eigenvalue weighted by atomic mass is 16.5. The fourth-order valence-corrected chi connectivity index (χ4v) is 3.87. The first-order valence-electron chi connectivity index (χ1n) is 9.75. The molecular weight excluding hydrogens is 384 g/mol. The molecule has 0 aliphatic heterocycles. The third-order valence-electron chi connectivity index (χ3n) is 5.20. The summed E-state index contributed by atoms with van der Waals surface area (Å²) in [5, 5.41) is 2.60. The molecule has 2 unspecified atom stereocenters. The van der Waals surface area contributed by atoms with Gasteiger partial charge in [0.25, 0.3) is 0 Å². The maximum absolute atomic E-state index is 13.0. The smallest absolute Gasteiger partial charge is 0.435 e. The van der Waals surface area contributed by atoms with Crippen LogP contribution in [-0.4, -0.2) is 23.6 Å². The summed E-state index contributed by atoms with van der Waals surface area (Å²) in [5.41, 5.74) is 1.68. The molecule has 1 heterocycles. The average molecular weight is 405 g/mol. The van der Waals surface area contributed by atoms with Gasteiger partial charge in [-0.15, -0.1) is 0 Å². The van der Waals surface area contributed by atoms with Crippen LogP contribution in [0.25, 0.3) is 11.3 Å². The van der Waals surface area contributed by atoms with Gasteiger partial charge in [-0.2, -0.15) is 0 Å². The van der Waals surface area contributed by atoms with Crippen LogP contribution in [-0.2, 0) is 14.3 Å². The predicted molar refractivity (Wildman–Crippen MR) is 108 cm³/mol. The number of nitrogens with one attached hydrogen (secondary N) is 1. The van der Waals surface area contributed by atoms with E-state index >= 15 is 0 Å². The Balaban J connectivity index is 1.81. The van der Waals surface area contributed by atoms with Crippen molar-refractivity contribution in [3.63, 3.8) is 0 Å². The van der Waals surface area contributed by atoms with E-state index in [4.69, 9.17) is 9.26 Å². The van der Waals surface area contributed by atoms with Gasteiger partial charge in [0.15, 0.2) is 5.78 Å². The number of aromatic amines is 1. The quantitative estimate of drug-likeness (QED) is 0.400. The number of ketones is 1. The normalized spacial score (nSPS) is 18.7. The fraction of sp³-hybridized carbons (Fsp3) is 0.217. The van der Waals surface area contributed by atoms with Gasteiger partial charge in [-0.25, -0.2) is 4.79 Å². The lowest BCUT2D eigenvalue weighted by atomic mass is 9.74. The number of nitrogens with zero attached hydrogens (tertiary/aromatic N) is 1. The van der Waals surface area contributed by atoms with Crippen LogP contribution < -0.4 is 10.3 Å². The topological polar surface area (TPSA) is 93.2 Å². The van der Waals surface area contributed by atoms with Crippen LogP contribution in [0.2, 0.25) is 0 Å². The first-order valence-corrected chi connectivity index (χ1v) is 9.75. The number of carbonyl (C=O) groups excluding carboxylic acids is 2. The van der Waals surface area contributed by atoms with E-state index in [1.807, 2.05) is 60.7 Å². The van der Waals surface area contributed by atoms with E-state index in [1.54, 1.807) is 6.92 Å². The van der Waals surface area contributed by atoms with Crippen molar-refractivity contribution >= 4 is 17.3 Å². The summed E-state index contributed by atoms with van der Waals surface area (Å²) >= 11 is 0. The van der Waals surface area contributed by atoms with Gasteiger partial charge in [-0.1, -0.05) is 48.5 Å². The van der Waals surface area contributed by atoms with Crippen molar-refractivity contribution in [3.8, 4) is 5.69 Å². The molecule has 0 amide bonds. The Bertz CT molecular complexity index is 1150. The summed E-state index contributed by atoms with van der Waals surface area (Å²) < 4.78 is 11.7. The van der Waals surface area contributed by atoms with E-state index in [-0.39, 0.29) is 18.1 Å². The third kappa shape index (κ3) is 3.61. The second-order valence-corrected chi connectivity index (χ2v) is 7.02. The maximum Gasteiger partial charge on any atom is 0.435 e. The molecule has 0 radical (unpaired) electrons. The van der Waals surface area contributed by atoms with Gasteiger partial charge in [-0.3, -0.25) is 14.1 Å². The van der Waals surface area contributed by atoms with Crippen molar-refractivity contribution in [1.29, 1.82) is 0 Å². The fourth-order valence-electron chi connectivity index (χ4n) is 3.87. The van der Waals surface area contributed by atoms with E-state index in [0.29, 0.717) is 17.7 Å². The zero-order valence-electron chi connectivity index (χ0n) is 16.4. The van der Waals surface area contributed by atoms with Crippen LogP contribution in [0.4, 0.5) is 0 Å². The van der Waals surface area contributed by atoms with Crippen LogP contribution in [0.3, 0.4) is 0 Å². The largest absolute Gasteiger partial charge is 0.465 e. The number of carbonyl (C=O) groups is 2. The summed E-state index contributed by atoms with van der Waals surface area (Å²) in [7, 11) is 0. The third-order valence-corrected chi connectivity index (χ3v) is 5.20. The van der Waals surface area contributed by atoms with Gasteiger partial charge in [0.05, 0.1) is 6.61 Å². The van der Waals surface area contributed by atoms with E-state index in [0.717, 1.165) is 5.56 Å². The molecule has 4 rings (SSSR count). The molecule has 2 aromatic carbocycles. The van der Waals surface area contributed by atoms with Crippen LogP contribution in [0.5, 0.6) is 0 Å². The number of ether oxygens (including phenoxy) is 1. The monoisotopic (exact) mass is 405 g/mol. The molecule has 7 heteroatoms. The molecule has 1 aliphatic carbocycles. The summed E-state index contributed by atoms with van der Waals surface area (Å²) in [6.45, 7) is 1.90. The Morgan fingerprint density at radius 2 is 1.77 bits per heavy atom. The van der Waals surface area contributed by atoms with Crippen LogP contribution >= 0.6 is 0 Å². The zero-order valence-corrected chi connectivity index (χ0v) is 16.4. The number of para-hydroxylation sites is 1. The van der Waals surface area contributed by atoms with Crippen molar-refractivity contribution < 1.29 is 23.5 Å². The standard InChI is InChI=1S/C23H20N2O5/c1-2-29-22(27)20-18(15-9-5-3-6-10-15)13-16(14-19(20)26)21-23(28)30-24-25(21)17-11-7-4-8-12-17/h3-12,14,18,20H,2,13H2,1H3/p+1. The summed E-state index contributed by atoms with van der Waals surface area (Å²) in [5.74, 6) is -2.34. The van der Waals surface area contributed by atoms with E-state index in [2.05, 4.69) is 5.27 Å². The Morgan fingerprint density at radius 3 is 2.43 bits per heavy atom. The second kappa shape index (κ2) is 8.32. The Morgan fingerprint density at radius 1 is 1.10 bits per heavy atom. The van der Waals surface area contributed by atoms with Gasteiger partial charge in [0.1, 0.15) is 5.92 Å². The van der Waals surface area contributed by atoms with Crippen LogP contribution in [0, 0.1) is 5.92 Å². The molecule has 0 bridgehead atoms. The summed E-state index contributed by atoms with van der Waals surface area (Å²) in [4.78, 5) is 38.1. The number of rotatable bonds is 5. The number of hydrogen-bond donors (Lipinski definition) is 1. The summed E-state index contributed by atoms with van der Waals surface area (Å²) in [6.07, 6.45) is 1.68. The van der Waals surface area contributed by atoms with Gasteiger partial charge in [0.2, 0.25) is 5.69 Å². The lowest BCUT2D eigenvalue weighted by Crippen LogP contribution is -2.40. The van der Waals surface area contributed by atoms with Crippen molar-refractivity contribution in [2.45, 2.75) is 19.3 Å². The summed E-state index contributed by atoms with van der Waals surface area (Å²) in [6, 6.07) is 18.5. The molecule has 0 spiro atoms. The van der Waals surface area contributed by atoms with Crippen molar-refractivity contribution in [2.24, 2.45) is 5.92 Å². The highest BCUT2D eigenvalue weighted by Gasteiger charge is 2.42. The lowest BCUT2D eigenvalue weighted by Gasteiger charge is -2.27. The molecule has 0 saturated carbocycles. The van der Waals surface area contributed by atoms with Gasteiger partial charge in [-0.05, 0) is 34.9 Å². The SMILES string of the molecule is CCOC(=O)C1C(=O)C=C(c2c(=O)o[nH][n+]2-c2ccccc2)CC1c1ccccc1. The van der Waals surface area contributed by atoms with Gasteiger partial charge < -0.3 is 4.74 Å². The minimum absolute atomic E-state index is 0.191. The second-order valence-electron chi connectivity index (χ2n) is 7.02. The number of benzene rings is 2. The minimum Gasteiger partial charge on any atom is -0.465 e. The molecule has 3 aromatic rings. The molecule has 30 heavy (non-hydrogen) atoms. The molecular formula is C23H21N2O5+. The zero-order chi connectivity index (χ0) is 21.1. The van der Waals surface area contributed by atoms with Crippen molar-refractivity contribution in [3.05, 3.63) is 88.4 Å². The highest BCUT2D eigenvalue weighted by molar-refractivity contribution is 6.10. The van der Waals surface area contributed by atoms with E-state index < -0.39 is 23.4 Å². The van der Waals surface area contributed by atoms with Crippen LogP contribution in [0.15, 0.2) is 76.1 Å². The predicted octanol–water partition coefficient (Wildman–Crippen LogP) is 2.56. The molecule has 1 aliphatic rings. The first-order chi connectivity index (χ1) is 14.6. The lowest BCUT2D eigenvalue weighted by molar-refractivity contribution is -0.672. The van der Waals surface area contributed by atoms with E-state index in [1.165, 1.54) is 10.8 Å². The molecule has 0 saturated heterocycles. The Hall–Kier alpha value is -3.74. The molecule has 152 valence electrons. The van der Waals surface area contributed by atoms with Crippen LogP contribution in [0.1, 0.15) is 30.5 Å². The maximum atomic E-state index is 13.0. The number of hydrogen-bond acceptors (Lipinski definition) is 5. The molecule has 2 atom stereocenters. The molecule has 0 fully saturated rings.